The zero-order chi connectivity index (χ0) is 13.8. The molecule has 1 heterocycles. The number of sulfonamides is 1. The summed E-state index contributed by atoms with van der Waals surface area (Å²) in [5.74, 6) is 0.0236. The van der Waals surface area contributed by atoms with Gasteiger partial charge in [-0.3, -0.25) is 4.72 Å². The molecule has 5 nitrogen and oxygen atoms in total. The topological polar surface area (TPSA) is 79.3 Å². The van der Waals surface area contributed by atoms with Gasteiger partial charge in [-0.1, -0.05) is 13.8 Å². The maximum atomic E-state index is 11.4. The SMILES string of the molecule is CCC(O)(CC)Cc1csc(NS(=O)(=O)CC)n1. The van der Waals surface area contributed by atoms with Gasteiger partial charge in [-0.15, -0.1) is 11.3 Å². The van der Waals surface area contributed by atoms with E-state index in [-0.39, 0.29) is 5.75 Å². The Bertz CT molecular complexity index is 478. The molecule has 0 saturated carbocycles. The van der Waals surface area contributed by atoms with E-state index < -0.39 is 15.6 Å². The molecular weight excluding hydrogens is 272 g/mol. The molecule has 0 radical (unpaired) electrons. The summed E-state index contributed by atoms with van der Waals surface area (Å²) in [7, 11) is -3.28. The molecule has 0 saturated heterocycles. The quantitative estimate of drug-likeness (QED) is 0.805. The standard InChI is InChI=1S/C11H20N2O3S2/c1-4-11(14,5-2)7-9-8-17-10(12-9)13-18(15,16)6-3/h8,14H,4-7H2,1-3H3,(H,12,13). The van der Waals surface area contributed by atoms with Crippen LogP contribution in [-0.2, 0) is 16.4 Å². The van der Waals surface area contributed by atoms with E-state index in [0.29, 0.717) is 24.4 Å². The molecule has 1 aromatic rings. The molecule has 1 rings (SSSR count). The molecule has 0 aliphatic carbocycles. The highest BCUT2D eigenvalue weighted by Crippen LogP contribution is 2.24. The first-order chi connectivity index (χ1) is 8.34. The van der Waals surface area contributed by atoms with Crippen molar-refractivity contribution in [3.05, 3.63) is 11.1 Å². The lowest BCUT2D eigenvalue weighted by molar-refractivity contribution is 0.0319. The van der Waals surface area contributed by atoms with Gasteiger partial charge < -0.3 is 5.11 Å². The van der Waals surface area contributed by atoms with Gasteiger partial charge in [0.1, 0.15) is 0 Å². The fourth-order valence-corrected chi connectivity index (χ4v) is 3.06. The molecule has 1 aromatic heterocycles. The number of hydrogen-bond acceptors (Lipinski definition) is 5. The number of nitrogens with zero attached hydrogens (tertiary/aromatic N) is 1. The van der Waals surface area contributed by atoms with Crippen LogP contribution in [0.5, 0.6) is 0 Å². The third kappa shape index (κ3) is 4.22. The Morgan fingerprint density at radius 3 is 2.50 bits per heavy atom. The van der Waals surface area contributed by atoms with E-state index in [2.05, 4.69) is 9.71 Å². The zero-order valence-corrected chi connectivity index (χ0v) is 12.6. The molecular formula is C11H20N2O3S2. The molecule has 18 heavy (non-hydrogen) atoms. The summed E-state index contributed by atoms with van der Waals surface area (Å²) >= 11 is 1.24. The number of rotatable bonds is 7. The van der Waals surface area contributed by atoms with Gasteiger partial charge in [-0.05, 0) is 19.8 Å². The van der Waals surface area contributed by atoms with Crippen LogP contribution in [-0.4, -0.2) is 29.9 Å². The van der Waals surface area contributed by atoms with Crippen LogP contribution in [0.15, 0.2) is 5.38 Å². The number of hydrogen-bond donors (Lipinski definition) is 2. The molecule has 0 aliphatic heterocycles. The maximum absolute atomic E-state index is 11.4. The Balaban J connectivity index is 2.75. The van der Waals surface area contributed by atoms with Crippen molar-refractivity contribution in [2.75, 3.05) is 10.5 Å². The minimum atomic E-state index is -3.28. The summed E-state index contributed by atoms with van der Waals surface area (Å²) in [6, 6.07) is 0. The lowest BCUT2D eigenvalue weighted by atomic mass is 9.92. The molecule has 7 heteroatoms. The fourth-order valence-electron chi connectivity index (χ4n) is 1.48. The molecule has 104 valence electrons. The average molecular weight is 292 g/mol. The van der Waals surface area contributed by atoms with Crippen molar-refractivity contribution in [1.82, 2.24) is 4.98 Å². The van der Waals surface area contributed by atoms with E-state index in [0.717, 1.165) is 5.69 Å². The average Bonchev–Trinajstić information content (AvgIpc) is 2.75. The number of nitrogens with one attached hydrogen (secondary N) is 1. The molecule has 0 atom stereocenters. The number of anilines is 1. The van der Waals surface area contributed by atoms with Gasteiger partial charge in [-0.2, -0.15) is 0 Å². The van der Waals surface area contributed by atoms with Crippen molar-refractivity contribution in [2.24, 2.45) is 0 Å². The van der Waals surface area contributed by atoms with Gasteiger partial charge in [0.05, 0.1) is 17.0 Å². The summed E-state index contributed by atoms with van der Waals surface area (Å²) in [4.78, 5) is 4.19. The van der Waals surface area contributed by atoms with Crippen LogP contribution in [0.3, 0.4) is 0 Å². The van der Waals surface area contributed by atoms with Gasteiger partial charge in [0, 0.05) is 11.8 Å². The Hall–Kier alpha value is -0.660. The third-order valence-electron chi connectivity index (χ3n) is 3.00. The van der Waals surface area contributed by atoms with Crippen LogP contribution in [0.2, 0.25) is 0 Å². The van der Waals surface area contributed by atoms with Crippen molar-refractivity contribution in [1.29, 1.82) is 0 Å². The fraction of sp³-hybridized carbons (Fsp3) is 0.727. The number of thiazole rings is 1. The predicted octanol–water partition coefficient (Wildman–Crippen LogP) is 2.00. The van der Waals surface area contributed by atoms with Crippen molar-refractivity contribution < 1.29 is 13.5 Å². The highest BCUT2D eigenvalue weighted by molar-refractivity contribution is 7.92. The van der Waals surface area contributed by atoms with Gasteiger partial charge in [0.25, 0.3) is 0 Å². The molecule has 0 unspecified atom stereocenters. The zero-order valence-electron chi connectivity index (χ0n) is 10.9. The van der Waals surface area contributed by atoms with Crippen LogP contribution in [0.4, 0.5) is 5.13 Å². The molecule has 0 fully saturated rings. The van der Waals surface area contributed by atoms with Crippen molar-refractivity contribution in [3.8, 4) is 0 Å². The summed E-state index contributed by atoms with van der Waals surface area (Å²) in [6.45, 7) is 5.43. The third-order valence-corrected chi connectivity index (χ3v) is 5.20. The van der Waals surface area contributed by atoms with Crippen LogP contribution < -0.4 is 4.72 Å². The monoisotopic (exact) mass is 292 g/mol. The van der Waals surface area contributed by atoms with Crippen molar-refractivity contribution in [3.63, 3.8) is 0 Å². The first-order valence-electron chi connectivity index (χ1n) is 6.01. The molecule has 0 spiro atoms. The van der Waals surface area contributed by atoms with Crippen LogP contribution in [0.1, 0.15) is 39.3 Å². The molecule has 0 aliphatic rings. The van der Waals surface area contributed by atoms with Gasteiger partial charge in [0.15, 0.2) is 5.13 Å². The van der Waals surface area contributed by atoms with Gasteiger partial charge in [0.2, 0.25) is 10.0 Å². The minimum absolute atomic E-state index is 0.0236. The summed E-state index contributed by atoms with van der Waals surface area (Å²) in [5.41, 5.74) is -0.0328. The highest BCUT2D eigenvalue weighted by Gasteiger charge is 2.24. The van der Waals surface area contributed by atoms with Gasteiger partial charge >= 0.3 is 0 Å². The first kappa shape index (κ1) is 15.4. The minimum Gasteiger partial charge on any atom is -0.390 e. The second-order valence-electron chi connectivity index (χ2n) is 4.26. The van der Waals surface area contributed by atoms with E-state index in [1.54, 1.807) is 12.3 Å². The largest absolute Gasteiger partial charge is 0.390 e. The van der Waals surface area contributed by atoms with Gasteiger partial charge in [-0.25, -0.2) is 13.4 Å². The van der Waals surface area contributed by atoms with E-state index in [4.69, 9.17) is 0 Å². The summed E-state index contributed by atoms with van der Waals surface area (Å²) < 4.78 is 25.2. The normalized spacial score (nSPS) is 12.7. The van der Waals surface area contributed by atoms with Crippen LogP contribution in [0.25, 0.3) is 0 Å². The second-order valence-corrected chi connectivity index (χ2v) is 7.13. The Morgan fingerprint density at radius 1 is 1.39 bits per heavy atom. The van der Waals surface area contributed by atoms with E-state index in [9.17, 15) is 13.5 Å². The van der Waals surface area contributed by atoms with Crippen LogP contribution >= 0.6 is 11.3 Å². The second kappa shape index (κ2) is 5.99. The smallest absolute Gasteiger partial charge is 0.234 e. The number of aliphatic hydroxyl groups is 1. The molecule has 2 N–H and O–H groups in total. The Kier molecular flexibility index (Phi) is 5.12. The van der Waals surface area contributed by atoms with E-state index >= 15 is 0 Å². The maximum Gasteiger partial charge on any atom is 0.234 e. The lowest BCUT2D eigenvalue weighted by Gasteiger charge is -2.23. The number of aromatic nitrogens is 1. The van der Waals surface area contributed by atoms with E-state index in [1.165, 1.54) is 11.3 Å². The predicted molar refractivity (Wildman–Crippen MR) is 74.4 cm³/mol. The Morgan fingerprint density at radius 2 is 2.00 bits per heavy atom. The van der Waals surface area contributed by atoms with Crippen molar-refractivity contribution in [2.45, 2.75) is 45.6 Å². The highest BCUT2D eigenvalue weighted by atomic mass is 32.2. The molecule has 0 aromatic carbocycles. The lowest BCUT2D eigenvalue weighted by Crippen LogP contribution is -2.29. The van der Waals surface area contributed by atoms with Crippen LogP contribution in [0, 0.1) is 0 Å². The Labute approximate surface area is 112 Å². The van der Waals surface area contributed by atoms with Crippen molar-refractivity contribution >= 4 is 26.5 Å². The molecule has 0 bridgehead atoms. The summed E-state index contributed by atoms with van der Waals surface area (Å²) in [5, 5.41) is 12.3. The summed E-state index contributed by atoms with van der Waals surface area (Å²) in [6.07, 6.45) is 1.75. The first-order valence-corrected chi connectivity index (χ1v) is 8.54. The van der Waals surface area contributed by atoms with E-state index in [1.807, 2.05) is 13.8 Å². The molecule has 0 amide bonds.